The lowest BCUT2D eigenvalue weighted by atomic mass is 9.92. The predicted octanol–water partition coefficient (Wildman–Crippen LogP) is 3.18. The summed E-state index contributed by atoms with van der Waals surface area (Å²) in [5.74, 6) is 0.635. The number of hydrazone groups is 1. The van der Waals surface area contributed by atoms with Gasteiger partial charge >= 0.3 is 6.09 Å². The van der Waals surface area contributed by atoms with Crippen molar-refractivity contribution in [3.05, 3.63) is 29.1 Å². The van der Waals surface area contributed by atoms with E-state index in [0.29, 0.717) is 12.8 Å². The van der Waals surface area contributed by atoms with Gasteiger partial charge in [0.1, 0.15) is 22.8 Å². The van der Waals surface area contributed by atoms with E-state index in [9.17, 15) is 9.18 Å². The van der Waals surface area contributed by atoms with Crippen LogP contribution in [-0.4, -0.2) is 36.1 Å². The van der Waals surface area contributed by atoms with Gasteiger partial charge in [-0.25, -0.2) is 9.18 Å². The molecular weight excluding hydrogens is 349 g/mol. The maximum atomic E-state index is 14.2. The van der Waals surface area contributed by atoms with E-state index in [0.717, 1.165) is 16.9 Å². The van der Waals surface area contributed by atoms with E-state index in [4.69, 9.17) is 9.47 Å². The van der Waals surface area contributed by atoms with Crippen LogP contribution in [0.3, 0.4) is 0 Å². The van der Waals surface area contributed by atoms with Crippen LogP contribution in [0, 0.1) is 11.7 Å². The molecule has 0 fully saturated rings. The van der Waals surface area contributed by atoms with E-state index in [1.807, 2.05) is 40.8 Å². The summed E-state index contributed by atoms with van der Waals surface area (Å²) in [6.45, 7) is 9.68. The van der Waals surface area contributed by atoms with Crippen molar-refractivity contribution in [3.8, 4) is 5.75 Å². The molecule has 0 radical (unpaired) electrons. The summed E-state index contributed by atoms with van der Waals surface area (Å²) < 4.78 is 25.6. The Kier molecular flexibility index (Phi) is 5.06. The van der Waals surface area contributed by atoms with E-state index >= 15 is 0 Å². The molecule has 2 aliphatic heterocycles. The third-order valence-corrected chi connectivity index (χ3v) is 4.77. The minimum Gasteiger partial charge on any atom is -0.485 e. The quantitative estimate of drug-likeness (QED) is 0.845. The largest absolute Gasteiger partial charge is 0.485 e. The molecule has 0 saturated carbocycles. The molecule has 0 saturated heterocycles. The van der Waals surface area contributed by atoms with Crippen LogP contribution in [0.4, 0.5) is 9.18 Å². The van der Waals surface area contributed by atoms with Crippen LogP contribution in [0.15, 0.2) is 17.2 Å². The SMILES string of the molecule is C[C@H]1NN=CC1Cc1cc(F)cc2c1OC(C)(CNC(=O)OC(C)(C)C)C2. The van der Waals surface area contributed by atoms with Gasteiger partial charge in [0.25, 0.3) is 0 Å². The molecule has 7 heteroatoms. The summed E-state index contributed by atoms with van der Waals surface area (Å²) in [6, 6.07) is 3.25. The van der Waals surface area contributed by atoms with Crippen LogP contribution in [0.1, 0.15) is 45.7 Å². The standard InChI is InChI=1S/C20H28FN3O3/c1-12-15(10-23-24-12)6-13-7-16(21)8-14-9-20(5,26-17(13)14)11-22-18(25)27-19(2,3)4/h7-8,10,12,15,24H,6,9,11H2,1-5H3,(H,22,25)/t12-,15?,20?/m1/s1. The summed E-state index contributed by atoms with van der Waals surface area (Å²) in [5, 5.41) is 6.85. The van der Waals surface area contributed by atoms with Crippen LogP contribution in [-0.2, 0) is 17.6 Å². The van der Waals surface area contributed by atoms with Crippen molar-refractivity contribution in [3.63, 3.8) is 0 Å². The van der Waals surface area contributed by atoms with Crippen molar-refractivity contribution >= 4 is 12.3 Å². The fourth-order valence-electron chi connectivity index (χ4n) is 3.45. The molecule has 0 spiro atoms. The van der Waals surface area contributed by atoms with E-state index < -0.39 is 17.3 Å². The van der Waals surface area contributed by atoms with Crippen LogP contribution in [0.25, 0.3) is 0 Å². The molecule has 1 aromatic carbocycles. The highest BCUT2D eigenvalue weighted by Crippen LogP contribution is 2.39. The van der Waals surface area contributed by atoms with Gasteiger partial charge in [0.2, 0.25) is 0 Å². The molecule has 3 atom stereocenters. The second-order valence-electron chi connectivity index (χ2n) is 8.70. The summed E-state index contributed by atoms with van der Waals surface area (Å²) in [5.41, 5.74) is 3.47. The monoisotopic (exact) mass is 377 g/mol. The number of alkyl carbamates (subject to hydrolysis) is 1. The number of amides is 1. The summed E-state index contributed by atoms with van der Waals surface area (Å²) in [7, 11) is 0. The van der Waals surface area contributed by atoms with E-state index in [-0.39, 0.29) is 24.3 Å². The van der Waals surface area contributed by atoms with Gasteiger partial charge in [-0.15, -0.1) is 0 Å². The number of benzene rings is 1. The number of nitrogens with zero attached hydrogens (tertiary/aromatic N) is 1. The van der Waals surface area contributed by atoms with Gasteiger partial charge in [0.05, 0.1) is 6.54 Å². The third kappa shape index (κ3) is 4.70. The van der Waals surface area contributed by atoms with Gasteiger partial charge < -0.3 is 20.2 Å². The lowest BCUT2D eigenvalue weighted by Gasteiger charge is -2.26. The lowest BCUT2D eigenvalue weighted by molar-refractivity contribution is 0.0448. The molecular formula is C20H28FN3O3. The van der Waals surface area contributed by atoms with Crippen molar-refractivity contribution in [2.24, 2.45) is 11.0 Å². The number of fused-ring (bicyclic) bond motifs is 1. The number of hydrogen-bond donors (Lipinski definition) is 2. The minimum atomic E-state index is -0.643. The van der Waals surface area contributed by atoms with E-state index in [1.54, 1.807) is 0 Å². The summed E-state index contributed by atoms with van der Waals surface area (Å²) >= 11 is 0. The highest BCUT2D eigenvalue weighted by Gasteiger charge is 2.38. The molecule has 2 aliphatic rings. The van der Waals surface area contributed by atoms with E-state index in [1.165, 1.54) is 12.1 Å². The van der Waals surface area contributed by atoms with Crippen LogP contribution in [0.5, 0.6) is 5.75 Å². The van der Waals surface area contributed by atoms with Crippen LogP contribution >= 0.6 is 0 Å². The van der Waals surface area contributed by atoms with Gasteiger partial charge in [0.15, 0.2) is 0 Å². The number of carbonyl (C=O) groups excluding carboxylic acids is 1. The molecule has 2 unspecified atom stereocenters. The molecule has 2 N–H and O–H groups in total. The number of hydrogen-bond acceptors (Lipinski definition) is 5. The molecule has 1 aromatic rings. The Bertz CT molecular complexity index is 760. The fourth-order valence-corrected chi connectivity index (χ4v) is 3.45. The molecule has 0 bridgehead atoms. The molecule has 2 heterocycles. The molecule has 3 rings (SSSR count). The average Bonchev–Trinajstić information content (AvgIpc) is 3.07. The number of ether oxygens (including phenoxy) is 2. The minimum absolute atomic E-state index is 0.186. The Morgan fingerprint density at radius 1 is 1.48 bits per heavy atom. The molecule has 1 amide bonds. The predicted molar refractivity (Wildman–Crippen MR) is 102 cm³/mol. The molecule has 148 valence electrons. The van der Waals surface area contributed by atoms with Gasteiger partial charge in [-0.05, 0) is 58.7 Å². The number of nitrogens with one attached hydrogen (secondary N) is 2. The smallest absolute Gasteiger partial charge is 0.407 e. The lowest BCUT2D eigenvalue weighted by Crippen LogP contribution is -2.45. The van der Waals surface area contributed by atoms with Crippen molar-refractivity contribution < 1.29 is 18.7 Å². The second kappa shape index (κ2) is 7.02. The van der Waals surface area contributed by atoms with Crippen molar-refractivity contribution in [1.29, 1.82) is 0 Å². The number of halogens is 1. The first kappa shape index (κ1) is 19.5. The van der Waals surface area contributed by atoms with Gasteiger partial charge in [-0.3, -0.25) is 0 Å². The maximum absolute atomic E-state index is 14.2. The van der Waals surface area contributed by atoms with Crippen molar-refractivity contribution in [1.82, 2.24) is 10.7 Å². The Balaban J connectivity index is 1.70. The van der Waals surface area contributed by atoms with Crippen LogP contribution < -0.4 is 15.5 Å². The highest BCUT2D eigenvalue weighted by atomic mass is 19.1. The number of carbonyl (C=O) groups is 1. The maximum Gasteiger partial charge on any atom is 0.407 e. The molecule has 27 heavy (non-hydrogen) atoms. The Morgan fingerprint density at radius 2 is 2.22 bits per heavy atom. The first-order valence-electron chi connectivity index (χ1n) is 9.30. The topological polar surface area (TPSA) is 72.0 Å². The number of rotatable bonds is 4. The third-order valence-electron chi connectivity index (χ3n) is 4.77. The molecule has 0 aliphatic carbocycles. The Hall–Kier alpha value is -2.31. The van der Waals surface area contributed by atoms with Gasteiger partial charge in [0, 0.05) is 30.2 Å². The Labute approximate surface area is 159 Å². The molecule has 6 nitrogen and oxygen atoms in total. The zero-order valence-electron chi connectivity index (χ0n) is 16.6. The first-order chi connectivity index (χ1) is 12.5. The average molecular weight is 377 g/mol. The Morgan fingerprint density at radius 3 is 2.85 bits per heavy atom. The molecule has 0 aromatic heterocycles. The summed E-state index contributed by atoms with van der Waals surface area (Å²) in [4.78, 5) is 11.9. The fraction of sp³-hybridized carbons (Fsp3) is 0.600. The van der Waals surface area contributed by atoms with Crippen molar-refractivity contribution in [2.45, 2.75) is 64.7 Å². The van der Waals surface area contributed by atoms with Crippen molar-refractivity contribution in [2.75, 3.05) is 6.54 Å². The van der Waals surface area contributed by atoms with E-state index in [2.05, 4.69) is 15.8 Å². The second-order valence-corrected chi connectivity index (χ2v) is 8.70. The zero-order valence-corrected chi connectivity index (χ0v) is 16.6. The highest BCUT2D eigenvalue weighted by molar-refractivity contribution is 5.68. The van der Waals surface area contributed by atoms with Gasteiger partial charge in [-0.2, -0.15) is 5.10 Å². The van der Waals surface area contributed by atoms with Gasteiger partial charge in [-0.1, -0.05) is 0 Å². The first-order valence-corrected chi connectivity index (χ1v) is 9.30. The normalized spacial score (nSPS) is 26.3. The zero-order chi connectivity index (χ0) is 19.8. The summed E-state index contributed by atoms with van der Waals surface area (Å²) in [6.07, 6.45) is 2.54. The van der Waals surface area contributed by atoms with Crippen LogP contribution in [0.2, 0.25) is 0 Å².